The number of nitro benzene ring substituents is 1. The van der Waals surface area contributed by atoms with Gasteiger partial charge in [-0.1, -0.05) is 6.92 Å². The fourth-order valence-electron chi connectivity index (χ4n) is 3.09. The van der Waals surface area contributed by atoms with Crippen LogP contribution in [0.1, 0.15) is 30.9 Å². The highest BCUT2D eigenvalue weighted by Crippen LogP contribution is 2.30. The molecule has 0 spiro atoms. The summed E-state index contributed by atoms with van der Waals surface area (Å²) in [5.74, 6) is 0.198. The van der Waals surface area contributed by atoms with E-state index in [4.69, 9.17) is 15.3 Å². The Kier molecular flexibility index (Phi) is 7.29. The summed E-state index contributed by atoms with van der Waals surface area (Å²) in [6.07, 6.45) is 2.47. The highest BCUT2D eigenvalue weighted by molar-refractivity contribution is 6.05. The van der Waals surface area contributed by atoms with Gasteiger partial charge < -0.3 is 10.5 Å². The number of hydrogen-bond acceptors (Lipinski definition) is 8. The van der Waals surface area contributed by atoms with E-state index in [1.807, 2.05) is 6.92 Å². The van der Waals surface area contributed by atoms with Crippen LogP contribution in [0.25, 0.3) is 6.08 Å². The van der Waals surface area contributed by atoms with Crippen LogP contribution in [-0.2, 0) is 21.0 Å². The highest BCUT2D eigenvalue weighted by atomic mass is 16.7. The lowest BCUT2D eigenvalue weighted by Crippen LogP contribution is -2.34. The molecular formula is C22H22N4O6. The van der Waals surface area contributed by atoms with Crippen LogP contribution in [-0.4, -0.2) is 34.7 Å². The number of nitrogens with two attached hydrogens (primary N) is 1. The zero-order valence-electron chi connectivity index (χ0n) is 17.4. The number of amides is 1. The minimum Gasteiger partial charge on any atom is -0.429 e. The third-order valence-corrected chi connectivity index (χ3v) is 4.61. The Labute approximate surface area is 184 Å². The van der Waals surface area contributed by atoms with Crippen molar-refractivity contribution < 1.29 is 24.1 Å². The summed E-state index contributed by atoms with van der Waals surface area (Å²) in [4.78, 5) is 44.1. The van der Waals surface area contributed by atoms with Crippen molar-refractivity contribution in [2.45, 2.75) is 26.4 Å². The Hall–Kier alpha value is -4.05. The number of carbonyl (C=O) groups excluding carboxylic acids is 2. The van der Waals surface area contributed by atoms with E-state index >= 15 is 0 Å². The lowest BCUT2D eigenvalue weighted by atomic mass is 10.1. The van der Waals surface area contributed by atoms with Crippen LogP contribution in [0.4, 0.5) is 11.4 Å². The Morgan fingerprint density at radius 3 is 2.69 bits per heavy atom. The molecule has 2 aromatic rings. The fourth-order valence-corrected chi connectivity index (χ4v) is 3.09. The summed E-state index contributed by atoms with van der Waals surface area (Å²) in [5, 5.41) is 12.1. The number of nitro groups is 1. The molecule has 0 aromatic heterocycles. The van der Waals surface area contributed by atoms with Gasteiger partial charge in [-0.25, -0.2) is 10.1 Å². The summed E-state index contributed by atoms with van der Waals surface area (Å²) in [6, 6.07) is 10.8. The molecular weight excluding hydrogens is 416 g/mol. The molecule has 2 aromatic carbocycles. The number of rotatable bonds is 9. The van der Waals surface area contributed by atoms with E-state index in [1.54, 1.807) is 36.4 Å². The predicted octanol–water partition coefficient (Wildman–Crippen LogP) is 3.28. The number of hydroxylamine groups is 2. The topological polar surface area (TPSA) is 137 Å². The Balaban J connectivity index is 1.79. The third kappa shape index (κ3) is 5.55. The van der Waals surface area contributed by atoms with Gasteiger partial charge in [0.25, 0.3) is 18.1 Å². The average molecular weight is 438 g/mol. The third-order valence-electron chi connectivity index (χ3n) is 4.61. The standard InChI is InChI=1S/C22H22N4O6/c1-2-9-25(32-13-15-3-6-18(7-4-15)26(29)30)22(28)17-10-16-5-8-19(31-14-27)12-20(16)24-21(23)11-17/h3-8,10,12,14H,2,9,11,13H2,1H3,(H2,23,24). The maximum Gasteiger partial charge on any atom is 0.298 e. The molecule has 10 nitrogen and oxygen atoms in total. The van der Waals surface area contributed by atoms with Crippen LogP contribution in [0, 0.1) is 10.1 Å². The molecule has 32 heavy (non-hydrogen) atoms. The van der Waals surface area contributed by atoms with Crippen molar-refractivity contribution in [3.8, 4) is 5.75 Å². The molecule has 0 bridgehead atoms. The summed E-state index contributed by atoms with van der Waals surface area (Å²) in [6.45, 7) is 2.65. The van der Waals surface area contributed by atoms with Gasteiger partial charge in [0.15, 0.2) is 0 Å². The molecule has 0 saturated carbocycles. The minimum absolute atomic E-state index is 0.0195. The quantitative estimate of drug-likeness (QED) is 0.360. The van der Waals surface area contributed by atoms with Crippen molar-refractivity contribution in [2.75, 3.05) is 6.54 Å². The largest absolute Gasteiger partial charge is 0.429 e. The second-order valence-corrected chi connectivity index (χ2v) is 6.99. The van der Waals surface area contributed by atoms with E-state index in [-0.39, 0.29) is 30.5 Å². The highest BCUT2D eigenvalue weighted by Gasteiger charge is 2.22. The van der Waals surface area contributed by atoms with Gasteiger partial charge in [0.2, 0.25) is 0 Å². The zero-order chi connectivity index (χ0) is 23.1. The number of fused-ring (bicyclic) bond motifs is 1. The number of hydrogen-bond donors (Lipinski definition) is 1. The van der Waals surface area contributed by atoms with E-state index in [1.165, 1.54) is 17.2 Å². The van der Waals surface area contributed by atoms with Gasteiger partial charge in [0, 0.05) is 42.3 Å². The molecule has 1 aliphatic rings. The lowest BCUT2D eigenvalue weighted by Gasteiger charge is -2.22. The van der Waals surface area contributed by atoms with E-state index in [2.05, 4.69) is 4.99 Å². The van der Waals surface area contributed by atoms with Crippen molar-refractivity contribution in [1.82, 2.24) is 5.06 Å². The molecule has 0 atom stereocenters. The second-order valence-electron chi connectivity index (χ2n) is 6.99. The van der Waals surface area contributed by atoms with Gasteiger partial charge in [0.05, 0.1) is 10.6 Å². The van der Waals surface area contributed by atoms with Crippen LogP contribution >= 0.6 is 0 Å². The van der Waals surface area contributed by atoms with Crippen LogP contribution in [0.2, 0.25) is 0 Å². The number of ether oxygens (including phenoxy) is 1. The van der Waals surface area contributed by atoms with Gasteiger partial charge >= 0.3 is 0 Å². The normalized spacial score (nSPS) is 12.7. The number of non-ortho nitro benzene ring substituents is 1. The fraction of sp³-hybridized carbons (Fsp3) is 0.227. The monoisotopic (exact) mass is 438 g/mol. The predicted molar refractivity (Wildman–Crippen MR) is 117 cm³/mol. The molecule has 0 saturated heterocycles. The Morgan fingerprint density at radius 2 is 2.03 bits per heavy atom. The molecule has 166 valence electrons. The Bertz CT molecular complexity index is 1080. The summed E-state index contributed by atoms with van der Waals surface area (Å²) >= 11 is 0. The zero-order valence-corrected chi connectivity index (χ0v) is 17.4. The number of nitrogens with zero attached hydrogens (tertiary/aromatic N) is 3. The SMILES string of the molecule is CCCN(OCc1ccc([N+](=O)[O-])cc1)C(=O)C1=Cc2ccc(OC=O)cc2N=C(N)C1. The van der Waals surface area contributed by atoms with Crippen LogP contribution < -0.4 is 10.5 Å². The second kappa shape index (κ2) is 10.3. The first-order chi connectivity index (χ1) is 15.4. The van der Waals surface area contributed by atoms with Gasteiger partial charge in [-0.15, -0.1) is 0 Å². The maximum atomic E-state index is 13.2. The summed E-state index contributed by atoms with van der Waals surface area (Å²) < 4.78 is 4.84. The Morgan fingerprint density at radius 1 is 1.28 bits per heavy atom. The number of aliphatic imine (C=N–C) groups is 1. The van der Waals surface area contributed by atoms with E-state index in [9.17, 15) is 19.7 Å². The molecule has 0 radical (unpaired) electrons. The molecule has 0 unspecified atom stereocenters. The summed E-state index contributed by atoms with van der Waals surface area (Å²) in [7, 11) is 0. The van der Waals surface area contributed by atoms with Gasteiger partial charge in [-0.05, 0) is 42.3 Å². The smallest absolute Gasteiger partial charge is 0.298 e. The molecule has 1 amide bonds. The molecule has 1 heterocycles. The van der Waals surface area contributed by atoms with E-state index in [0.717, 1.165) is 0 Å². The number of carbonyl (C=O) groups is 2. The maximum absolute atomic E-state index is 13.2. The van der Waals surface area contributed by atoms with Crippen molar-refractivity contribution in [3.63, 3.8) is 0 Å². The van der Waals surface area contributed by atoms with Crippen LogP contribution in [0.5, 0.6) is 5.75 Å². The van der Waals surface area contributed by atoms with Crippen molar-refractivity contribution in [1.29, 1.82) is 0 Å². The van der Waals surface area contributed by atoms with Crippen molar-refractivity contribution in [3.05, 3.63) is 69.3 Å². The first-order valence-corrected chi connectivity index (χ1v) is 9.87. The van der Waals surface area contributed by atoms with Gasteiger partial charge in [-0.2, -0.15) is 0 Å². The molecule has 0 aliphatic carbocycles. The number of benzene rings is 2. The molecule has 2 N–H and O–H groups in total. The van der Waals surface area contributed by atoms with Crippen LogP contribution in [0.3, 0.4) is 0 Å². The van der Waals surface area contributed by atoms with Gasteiger partial charge in [0.1, 0.15) is 18.2 Å². The van der Waals surface area contributed by atoms with E-state index < -0.39 is 4.92 Å². The number of amidine groups is 1. The summed E-state index contributed by atoms with van der Waals surface area (Å²) in [5.41, 5.74) is 8.21. The van der Waals surface area contributed by atoms with Gasteiger partial charge in [-0.3, -0.25) is 24.5 Å². The molecule has 3 rings (SSSR count). The lowest BCUT2D eigenvalue weighted by molar-refractivity contribution is -0.384. The van der Waals surface area contributed by atoms with Crippen LogP contribution in [0.15, 0.2) is 53.0 Å². The molecule has 10 heteroatoms. The first-order valence-electron chi connectivity index (χ1n) is 9.87. The molecule has 0 fully saturated rings. The first kappa shape index (κ1) is 22.6. The molecule has 1 aliphatic heterocycles. The van der Waals surface area contributed by atoms with E-state index in [0.29, 0.717) is 47.6 Å². The minimum atomic E-state index is -0.478. The van der Waals surface area contributed by atoms with Crippen molar-refractivity contribution in [2.24, 2.45) is 10.7 Å². The average Bonchev–Trinajstić information content (AvgIpc) is 2.94. The van der Waals surface area contributed by atoms with Crippen molar-refractivity contribution >= 4 is 35.7 Å².